The molecule has 0 atom stereocenters. The summed E-state index contributed by atoms with van der Waals surface area (Å²) in [6.07, 6.45) is 1.59. The summed E-state index contributed by atoms with van der Waals surface area (Å²) < 4.78 is 11.2. The highest BCUT2D eigenvalue weighted by atomic mass is 35.5. The molecular formula is C20H16ClNO5S2. The van der Waals surface area contributed by atoms with Gasteiger partial charge in [-0.1, -0.05) is 53.8 Å². The first kappa shape index (κ1) is 21.2. The molecule has 2 aromatic carbocycles. The van der Waals surface area contributed by atoms with Crippen molar-refractivity contribution in [2.24, 2.45) is 0 Å². The molecule has 1 aliphatic heterocycles. The van der Waals surface area contributed by atoms with E-state index in [1.54, 1.807) is 48.5 Å². The van der Waals surface area contributed by atoms with Gasteiger partial charge in [0.2, 0.25) is 0 Å². The zero-order chi connectivity index (χ0) is 21.0. The van der Waals surface area contributed by atoms with Gasteiger partial charge >= 0.3 is 5.97 Å². The van der Waals surface area contributed by atoms with E-state index in [9.17, 15) is 9.59 Å². The van der Waals surface area contributed by atoms with Crippen LogP contribution in [-0.2, 0) is 9.59 Å². The molecule has 0 saturated carbocycles. The number of methoxy groups -OCH3 is 1. The molecule has 0 unspecified atom stereocenters. The van der Waals surface area contributed by atoms with Gasteiger partial charge in [0.15, 0.2) is 15.8 Å². The second-order valence-electron chi connectivity index (χ2n) is 5.87. The van der Waals surface area contributed by atoms with Gasteiger partial charge in [-0.2, -0.15) is 0 Å². The summed E-state index contributed by atoms with van der Waals surface area (Å²) >= 11 is 12.8. The molecule has 0 radical (unpaired) electrons. The highest BCUT2D eigenvalue weighted by Crippen LogP contribution is 2.39. The summed E-state index contributed by atoms with van der Waals surface area (Å²) in [6.45, 7) is 0.0293. The first-order valence-corrected chi connectivity index (χ1v) is 10.1. The summed E-state index contributed by atoms with van der Waals surface area (Å²) in [5.74, 6) is -0.338. The molecular weight excluding hydrogens is 434 g/mol. The summed E-state index contributed by atoms with van der Waals surface area (Å²) in [6, 6.07) is 12.1. The zero-order valence-electron chi connectivity index (χ0n) is 15.3. The van der Waals surface area contributed by atoms with Crippen molar-refractivity contribution in [1.82, 2.24) is 0 Å². The number of rotatable bonds is 7. The number of anilines is 1. The fraction of sp³-hybridized carbons (Fsp3) is 0.150. The minimum Gasteiger partial charge on any atom is -0.493 e. The number of hydrogen-bond acceptors (Lipinski definition) is 6. The number of benzene rings is 2. The number of thiocarbonyl (C=S) groups is 1. The van der Waals surface area contributed by atoms with Gasteiger partial charge in [0, 0.05) is 0 Å². The number of carboxylic acids is 1. The summed E-state index contributed by atoms with van der Waals surface area (Å²) in [4.78, 5) is 25.4. The summed E-state index contributed by atoms with van der Waals surface area (Å²) in [5.41, 5.74) is 1.26. The molecule has 0 aromatic heterocycles. The van der Waals surface area contributed by atoms with Crippen LogP contribution in [0.15, 0.2) is 47.4 Å². The lowest BCUT2D eigenvalue weighted by Crippen LogP contribution is -2.27. The van der Waals surface area contributed by atoms with Crippen LogP contribution in [0.25, 0.3) is 6.08 Å². The lowest BCUT2D eigenvalue weighted by Gasteiger charge is -2.15. The second kappa shape index (κ2) is 9.30. The molecule has 0 spiro atoms. The maximum Gasteiger partial charge on any atom is 0.306 e. The first-order valence-electron chi connectivity index (χ1n) is 8.46. The van der Waals surface area contributed by atoms with E-state index in [4.69, 9.17) is 38.4 Å². The van der Waals surface area contributed by atoms with Crippen molar-refractivity contribution < 1.29 is 24.2 Å². The molecule has 3 rings (SSSR count). The van der Waals surface area contributed by atoms with E-state index in [1.807, 2.05) is 0 Å². The topological polar surface area (TPSA) is 76.1 Å². The van der Waals surface area contributed by atoms with Crippen LogP contribution >= 0.6 is 35.6 Å². The molecule has 1 N–H and O–H groups in total. The zero-order valence-corrected chi connectivity index (χ0v) is 17.6. The third-order valence-corrected chi connectivity index (χ3v) is 5.57. The van der Waals surface area contributed by atoms with Crippen molar-refractivity contribution in [3.63, 3.8) is 0 Å². The minimum absolute atomic E-state index is 0.0293. The average Bonchev–Trinajstić information content (AvgIpc) is 2.96. The van der Waals surface area contributed by atoms with Gasteiger partial charge in [-0.25, -0.2) is 0 Å². The van der Waals surface area contributed by atoms with E-state index in [1.165, 1.54) is 23.8 Å². The van der Waals surface area contributed by atoms with Crippen LogP contribution in [0.4, 0.5) is 5.69 Å². The lowest BCUT2D eigenvalue weighted by atomic mass is 10.1. The minimum atomic E-state index is -0.943. The van der Waals surface area contributed by atoms with Crippen LogP contribution in [0.3, 0.4) is 0 Å². The van der Waals surface area contributed by atoms with Gasteiger partial charge in [-0.3, -0.25) is 14.5 Å². The number of nitrogens with zero attached hydrogens (tertiary/aromatic N) is 1. The number of carboxylic acid groups (broad SMARTS) is 1. The fourth-order valence-corrected chi connectivity index (χ4v) is 4.11. The number of thioether (sulfide) groups is 1. The number of aliphatic carboxylic acids is 1. The van der Waals surface area contributed by atoms with Crippen LogP contribution < -0.4 is 14.4 Å². The van der Waals surface area contributed by atoms with E-state index in [-0.39, 0.29) is 18.9 Å². The number of carbonyl (C=O) groups excluding carboxylic acids is 1. The molecule has 0 bridgehead atoms. The van der Waals surface area contributed by atoms with Gasteiger partial charge in [0.1, 0.15) is 0 Å². The molecule has 1 heterocycles. The van der Waals surface area contributed by atoms with Crippen molar-refractivity contribution >= 4 is 63.5 Å². The monoisotopic (exact) mass is 449 g/mol. The van der Waals surface area contributed by atoms with Crippen molar-refractivity contribution in [2.75, 3.05) is 18.6 Å². The molecule has 1 aliphatic rings. The Morgan fingerprint density at radius 3 is 2.72 bits per heavy atom. The highest BCUT2D eigenvalue weighted by Gasteiger charge is 2.34. The number of para-hydroxylation sites is 1. The average molecular weight is 450 g/mol. The molecule has 2 aromatic rings. The van der Waals surface area contributed by atoms with E-state index in [0.717, 1.165) is 0 Å². The predicted molar refractivity (Wildman–Crippen MR) is 118 cm³/mol. The quantitative estimate of drug-likeness (QED) is 0.488. The maximum absolute atomic E-state index is 12.9. The van der Waals surface area contributed by atoms with Crippen molar-refractivity contribution in [3.05, 3.63) is 58.0 Å². The van der Waals surface area contributed by atoms with Gasteiger partial charge < -0.3 is 14.6 Å². The van der Waals surface area contributed by atoms with Gasteiger partial charge in [0.25, 0.3) is 5.91 Å². The second-order valence-corrected chi connectivity index (χ2v) is 7.95. The van der Waals surface area contributed by atoms with Crippen molar-refractivity contribution in [2.45, 2.75) is 6.42 Å². The molecule has 1 fully saturated rings. The molecule has 1 amide bonds. The van der Waals surface area contributed by atoms with Crippen LogP contribution in [0.2, 0.25) is 5.02 Å². The number of ether oxygens (including phenoxy) is 2. The molecule has 29 heavy (non-hydrogen) atoms. The van der Waals surface area contributed by atoms with Crippen molar-refractivity contribution in [1.29, 1.82) is 0 Å². The standard InChI is InChI=1S/C20H16ClNO5S2/c1-26-16-10-12(6-7-15(16)27-9-8-18(23)24)11-17-19(25)22(20(28)29-17)14-5-3-2-4-13(14)21/h2-7,10-11H,8-9H2,1H3,(H,23,24)/b17-11+. The maximum atomic E-state index is 12.9. The molecule has 150 valence electrons. The molecule has 6 nitrogen and oxygen atoms in total. The first-order chi connectivity index (χ1) is 13.9. The number of carbonyl (C=O) groups is 2. The lowest BCUT2D eigenvalue weighted by molar-refractivity contribution is -0.137. The van der Waals surface area contributed by atoms with Crippen molar-refractivity contribution in [3.8, 4) is 11.5 Å². The Labute approximate surface area is 182 Å². The molecule has 1 saturated heterocycles. The van der Waals surface area contributed by atoms with E-state index < -0.39 is 5.97 Å². The van der Waals surface area contributed by atoms with Crippen LogP contribution in [0.5, 0.6) is 11.5 Å². The third-order valence-electron chi connectivity index (χ3n) is 3.95. The largest absolute Gasteiger partial charge is 0.493 e. The SMILES string of the molecule is COc1cc(/C=C2/SC(=S)N(c3ccccc3Cl)C2=O)ccc1OCCC(=O)O. The highest BCUT2D eigenvalue weighted by molar-refractivity contribution is 8.27. The smallest absolute Gasteiger partial charge is 0.306 e. The number of halogens is 1. The molecule has 9 heteroatoms. The van der Waals surface area contributed by atoms with Gasteiger partial charge in [-0.05, 0) is 35.9 Å². The Morgan fingerprint density at radius 2 is 2.03 bits per heavy atom. The van der Waals surface area contributed by atoms with Crippen LogP contribution in [0.1, 0.15) is 12.0 Å². The normalized spacial score (nSPS) is 15.1. The number of hydrogen-bond donors (Lipinski definition) is 1. The van der Waals surface area contributed by atoms with Gasteiger partial charge in [0.05, 0.1) is 35.8 Å². The summed E-state index contributed by atoms with van der Waals surface area (Å²) in [7, 11) is 1.49. The fourth-order valence-electron chi connectivity index (χ4n) is 2.60. The number of amides is 1. The van der Waals surface area contributed by atoms with E-state index in [2.05, 4.69) is 0 Å². The summed E-state index contributed by atoms with van der Waals surface area (Å²) in [5, 5.41) is 9.15. The molecule has 0 aliphatic carbocycles. The Hall–Kier alpha value is -2.55. The van der Waals surface area contributed by atoms with Gasteiger partial charge in [-0.15, -0.1) is 0 Å². The van der Waals surface area contributed by atoms with Crippen LogP contribution in [-0.4, -0.2) is 35.0 Å². The Bertz CT molecular complexity index is 1010. The Kier molecular flexibility index (Phi) is 6.79. The Balaban J connectivity index is 1.83. The third kappa shape index (κ3) is 4.90. The Morgan fingerprint density at radius 1 is 1.28 bits per heavy atom. The van der Waals surface area contributed by atoms with E-state index in [0.29, 0.717) is 37.0 Å². The predicted octanol–water partition coefficient (Wildman–Crippen LogP) is 4.61. The van der Waals surface area contributed by atoms with E-state index >= 15 is 0 Å². The van der Waals surface area contributed by atoms with Crippen LogP contribution in [0, 0.1) is 0 Å².